The first-order chi connectivity index (χ1) is 13.1. The Labute approximate surface area is 157 Å². The van der Waals surface area contributed by atoms with Crippen molar-refractivity contribution < 1.29 is 4.79 Å². The number of imidazole rings is 1. The molecule has 0 N–H and O–H groups in total. The number of piperidine rings is 1. The van der Waals surface area contributed by atoms with Crippen LogP contribution in [0.5, 0.6) is 0 Å². The zero-order valence-electron chi connectivity index (χ0n) is 15.4. The van der Waals surface area contributed by atoms with Gasteiger partial charge in [-0.1, -0.05) is 18.2 Å². The summed E-state index contributed by atoms with van der Waals surface area (Å²) in [7, 11) is 0. The van der Waals surface area contributed by atoms with E-state index in [9.17, 15) is 9.59 Å². The third kappa shape index (κ3) is 3.63. The van der Waals surface area contributed by atoms with E-state index in [-0.39, 0.29) is 18.0 Å². The predicted molar refractivity (Wildman–Crippen MR) is 102 cm³/mol. The Morgan fingerprint density at radius 3 is 2.85 bits per heavy atom. The standard InChI is InChI=1S/C20H23N5O2/c1-15-17-6-2-3-7-18(17)20(27)25(22-15)13-19(26)24-9-4-5-16(12-24)11-23-10-8-21-14-23/h2-3,6-8,10,14,16H,4-5,9,11-13H2,1H3. The molecule has 0 aliphatic carbocycles. The Hall–Kier alpha value is -2.96. The Morgan fingerprint density at radius 2 is 2.07 bits per heavy atom. The van der Waals surface area contributed by atoms with Crippen molar-refractivity contribution in [2.75, 3.05) is 13.1 Å². The first kappa shape index (κ1) is 17.5. The summed E-state index contributed by atoms with van der Waals surface area (Å²) >= 11 is 0. The van der Waals surface area contributed by atoms with Crippen LogP contribution in [0.2, 0.25) is 0 Å². The van der Waals surface area contributed by atoms with Crippen LogP contribution in [0.4, 0.5) is 0 Å². The molecule has 0 radical (unpaired) electrons. The highest BCUT2D eigenvalue weighted by molar-refractivity contribution is 5.83. The number of benzene rings is 1. The summed E-state index contributed by atoms with van der Waals surface area (Å²) in [5, 5.41) is 5.80. The van der Waals surface area contributed by atoms with Gasteiger partial charge in [0.25, 0.3) is 5.56 Å². The molecule has 2 aromatic heterocycles. The van der Waals surface area contributed by atoms with E-state index in [0.717, 1.165) is 37.0 Å². The smallest absolute Gasteiger partial charge is 0.275 e. The highest BCUT2D eigenvalue weighted by Gasteiger charge is 2.24. The average Bonchev–Trinajstić information content (AvgIpc) is 3.19. The molecule has 1 atom stereocenters. The molecule has 3 aromatic rings. The van der Waals surface area contributed by atoms with Crippen molar-refractivity contribution in [1.82, 2.24) is 24.2 Å². The Balaban J connectivity index is 1.49. The number of aryl methyl sites for hydroxylation is 1. The van der Waals surface area contributed by atoms with Crippen molar-refractivity contribution in [2.24, 2.45) is 5.92 Å². The number of nitrogens with zero attached hydrogens (tertiary/aromatic N) is 5. The minimum atomic E-state index is -0.212. The van der Waals surface area contributed by atoms with E-state index < -0.39 is 0 Å². The number of hydrogen-bond acceptors (Lipinski definition) is 4. The van der Waals surface area contributed by atoms with Gasteiger partial charge in [0.15, 0.2) is 0 Å². The van der Waals surface area contributed by atoms with E-state index >= 15 is 0 Å². The van der Waals surface area contributed by atoms with Gasteiger partial charge in [0.05, 0.1) is 17.4 Å². The van der Waals surface area contributed by atoms with Crippen LogP contribution < -0.4 is 5.56 Å². The number of likely N-dealkylation sites (tertiary alicyclic amines) is 1. The third-order valence-corrected chi connectivity index (χ3v) is 5.24. The summed E-state index contributed by atoms with van der Waals surface area (Å²) in [5.74, 6) is 0.356. The van der Waals surface area contributed by atoms with Crippen LogP contribution in [0.15, 0.2) is 47.8 Å². The van der Waals surface area contributed by atoms with E-state index in [1.165, 1.54) is 4.68 Å². The number of carbonyl (C=O) groups is 1. The lowest BCUT2D eigenvalue weighted by atomic mass is 9.98. The molecular formula is C20H23N5O2. The zero-order valence-corrected chi connectivity index (χ0v) is 15.4. The number of carbonyl (C=O) groups excluding carboxylic acids is 1. The largest absolute Gasteiger partial charge is 0.341 e. The van der Waals surface area contributed by atoms with Gasteiger partial charge in [-0.25, -0.2) is 9.67 Å². The normalized spacial score (nSPS) is 17.4. The minimum Gasteiger partial charge on any atom is -0.341 e. The summed E-state index contributed by atoms with van der Waals surface area (Å²) in [5.41, 5.74) is 0.547. The fourth-order valence-electron chi connectivity index (χ4n) is 3.87. The second-order valence-corrected chi connectivity index (χ2v) is 7.20. The van der Waals surface area contributed by atoms with Crippen LogP contribution in [-0.2, 0) is 17.9 Å². The first-order valence-corrected chi connectivity index (χ1v) is 9.32. The molecule has 7 heteroatoms. The van der Waals surface area contributed by atoms with Crippen molar-refractivity contribution in [3.63, 3.8) is 0 Å². The molecule has 140 valence electrons. The quantitative estimate of drug-likeness (QED) is 0.707. The number of amides is 1. The van der Waals surface area contributed by atoms with Gasteiger partial charge in [-0.2, -0.15) is 5.10 Å². The molecule has 1 fully saturated rings. The molecule has 1 amide bonds. The summed E-state index contributed by atoms with van der Waals surface area (Å²) in [6, 6.07) is 7.40. The summed E-state index contributed by atoms with van der Waals surface area (Å²) in [6.07, 6.45) is 7.59. The van der Waals surface area contributed by atoms with Crippen LogP contribution in [0, 0.1) is 12.8 Å². The van der Waals surface area contributed by atoms with Crippen LogP contribution >= 0.6 is 0 Å². The molecule has 4 rings (SSSR count). The molecule has 7 nitrogen and oxygen atoms in total. The fourth-order valence-corrected chi connectivity index (χ4v) is 3.87. The lowest BCUT2D eigenvalue weighted by molar-refractivity contribution is -0.134. The zero-order chi connectivity index (χ0) is 18.8. The number of hydrogen-bond donors (Lipinski definition) is 0. The van der Waals surface area contributed by atoms with E-state index in [2.05, 4.69) is 14.6 Å². The average molecular weight is 365 g/mol. The molecule has 1 unspecified atom stereocenters. The molecule has 27 heavy (non-hydrogen) atoms. The second kappa shape index (κ2) is 7.34. The second-order valence-electron chi connectivity index (χ2n) is 7.20. The number of aromatic nitrogens is 4. The van der Waals surface area contributed by atoms with Crippen molar-refractivity contribution in [3.8, 4) is 0 Å². The van der Waals surface area contributed by atoms with Crippen LogP contribution in [-0.4, -0.2) is 43.2 Å². The molecule has 1 saturated heterocycles. The molecule has 1 aliphatic heterocycles. The minimum absolute atomic E-state index is 0.0116. The molecule has 0 saturated carbocycles. The molecule has 0 bridgehead atoms. The van der Waals surface area contributed by atoms with Gasteiger partial charge in [-0.05, 0) is 31.7 Å². The van der Waals surface area contributed by atoms with Gasteiger partial charge in [-0.3, -0.25) is 9.59 Å². The monoisotopic (exact) mass is 365 g/mol. The van der Waals surface area contributed by atoms with Gasteiger partial charge < -0.3 is 9.47 Å². The summed E-state index contributed by atoms with van der Waals surface area (Å²) in [6.45, 7) is 4.16. The predicted octanol–water partition coefficient (Wildman–Crippen LogP) is 1.84. The van der Waals surface area contributed by atoms with Gasteiger partial charge in [-0.15, -0.1) is 0 Å². The van der Waals surface area contributed by atoms with Crippen molar-refractivity contribution in [1.29, 1.82) is 0 Å². The number of fused-ring (bicyclic) bond motifs is 1. The summed E-state index contributed by atoms with van der Waals surface area (Å²) < 4.78 is 3.36. The van der Waals surface area contributed by atoms with Crippen LogP contribution in [0.25, 0.3) is 10.8 Å². The maximum absolute atomic E-state index is 12.8. The van der Waals surface area contributed by atoms with E-state index in [1.807, 2.05) is 42.5 Å². The Morgan fingerprint density at radius 1 is 1.26 bits per heavy atom. The summed E-state index contributed by atoms with van der Waals surface area (Å²) in [4.78, 5) is 31.5. The molecule has 0 spiro atoms. The van der Waals surface area contributed by atoms with Crippen molar-refractivity contribution >= 4 is 16.7 Å². The van der Waals surface area contributed by atoms with E-state index in [0.29, 0.717) is 17.8 Å². The van der Waals surface area contributed by atoms with Gasteiger partial charge in [0.2, 0.25) is 5.91 Å². The Kier molecular flexibility index (Phi) is 4.75. The maximum atomic E-state index is 12.8. The van der Waals surface area contributed by atoms with Crippen molar-refractivity contribution in [2.45, 2.75) is 32.9 Å². The molecule has 3 heterocycles. The lowest BCUT2D eigenvalue weighted by Gasteiger charge is -2.33. The molecule has 1 aromatic carbocycles. The Bertz CT molecular complexity index is 1010. The SMILES string of the molecule is Cc1nn(CC(=O)N2CCCC(Cn3ccnc3)C2)c(=O)c2ccccc12. The van der Waals surface area contributed by atoms with Crippen LogP contribution in [0.3, 0.4) is 0 Å². The van der Waals surface area contributed by atoms with Gasteiger partial charge in [0, 0.05) is 37.4 Å². The first-order valence-electron chi connectivity index (χ1n) is 9.32. The van der Waals surface area contributed by atoms with Crippen molar-refractivity contribution in [3.05, 3.63) is 59.0 Å². The highest BCUT2D eigenvalue weighted by Crippen LogP contribution is 2.19. The van der Waals surface area contributed by atoms with E-state index in [4.69, 9.17) is 0 Å². The lowest BCUT2D eigenvalue weighted by Crippen LogP contribution is -2.44. The van der Waals surface area contributed by atoms with Gasteiger partial charge in [0.1, 0.15) is 6.54 Å². The fraction of sp³-hybridized carbons (Fsp3) is 0.400. The highest BCUT2D eigenvalue weighted by atomic mass is 16.2. The molecular weight excluding hydrogens is 342 g/mol. The topological polar surface area (TPSA) is 73.0 Å². The number of rotatable bonds is 4. The van der Waals surface area contributed by atoms with E-state index in [1.54, 1.807) is 12.3 Å². The van der Waals surface area contributed by atoms with Crippen LogP contribution in [0.1, 0.15) is 18.5 Å². The maximum Gasteiger partial charge on any atom is 0.275 e. The third-order valence-electron chi connectivity index (χ3n) is 5.24. The molecule has 1 aliphatic rings. The van der Waals surface area contributed by atoms with Gasteiger partial charge >= 0.3 is 0 Å².